The molecule has 5 nitrogen and oxygen atoms in total. The fourth-order valence-corrected chi connectivity index (χ4v) is 2.85. The van der Waals surface area contributed by atoms with E-state index < -0.39 is 0 Å². The van der Waals surface area contributed by atoms with Crippen molar-refractivity contribution < 1.29 is 9.53 Å². The first kappa shape index (κ1) is 15.7. The summed E-state index contributed by atoms with van der Waals surface area (Å²) in [5.41, 5.74) is 12.9. The second-order valence-corrected chi connectivity index (χ2v) is 5.81. The number of hydrogen-bond acceptors (Lipinski definition) is 4. The Labute approximate surface area is 130 Å². The number of ether oxygens (including phenoxy) is 1. The third-order valence-electron chi connectivity index (χ3n) is 3.87. The van der Waals surface area contributed by atoms with E-state index in [2.05, 4.69) is 4.90 Å². The van der Waals surface area contributed by atoms with Crippen LogP contribution >= 0.6 is 12.2 Å². The number of carbonyl (C=O) groups is 1. The second-order valence-electron chi connectivity index (χ2n) is 5.37. The first-order chi connectivity index (χ1) is 10.0. The van der Waals surface area contributed by atoms with Crippen molar-refractivity contribution in [3.8, 4) is 5.75 Å². The lowest BCUT2D eigenvalue weighted by Gasteiger charge is -2.31. The zero-order valence-corrected chi connectivity index (χ0v) is 13.0. The molecule has 1 amide bonds. The van der Waals surface area contributed by atoms with Crippen molar-refractivity contribution in [3.05, 3.63) is 29.3 Å². The molecule has 21 heavy (non-hydrogen) atoms. The molecule has 1 heterocycles. The minimum absolute atomic E-state index is 0.0662. The van der Waals surface area contributed by atoms with Crippen LogP contribution in [0.3, 0.4) is 0 Å². The maximum Gasteiger partial charge on any atom is 0.221 e. The second kappa shape index (κ2) is 6.87. The molecule has 0 radical (unpaired) electrons. The van der Waals surface area contributed by atoms with Gasteiger partial charge in [-0.1, -0.05) is 12.2 Å². The Morgan fingerprint density at radius 1 is 1.48 bits per heavy atom. The molecule has 1 saturated heterocycles. The first-order valence-electron chi connectivity index (χ1n) is 6.99. The predicted octanol–water partition coefficient (Wildman–Crippen LogP) is 1.03. The Balaban J connectivity index is 2.15. The molecule has 4 N–H and O–H groups in total. The normalized spacial score (nSPS) is 19.2. The summed E-state index contributed by atoms with van der Waals surface area (Å²) < 4.78 is 5.39. The molecule has 1 aromatic rings. The lowest BCUT2D eigenvalue weighted by Crippen LogP contribution is -2.40. The molecule has 0 saturated carbocycles. The van der Waals surface area contributed by atoms with Gasteiger partial charge < -0.3 is 16.2 Å². The number of amides is 1. The van der Waals surface area contributed by atoms with E-state index in [1.807, 2.05) is 18.2 Å². The number of likely N-dealkylation sites (tertiary alicyclic amines) is 1. The quantitative estimate of drug-likeness (QED) is 0.794. The van der Waals surface area contributed by atoms with Crippen molar-refractivity contribution in [2.45, 2.75) is 19.4 Å². The number of benzene rings is 1. The van der Waals surface area contributed by atoms with E-state index in [9.17, 15) is 4.79 Å². The summed E-state index contributed by atoms with van der Waals surface area (Å²) in [6.45, 7) is 2.34. The fourth-order valence-electron chi connectivity index (χ4n) is 2.73. The number of primary amides is 1. The fraction of sp³-hybridized carbons (Fsp3) is 0.467. The molecule has 1 fully saturated rings. The van der Waals surface area contributed by atoms with Crippen LogP contribution in [0.1, 0.15) is 24.0 Å². The molecule has 1 aliphatic rings. The molecule has 0 spiro atoms. The summed E-state index contributed by atoms with van der Waals surface area (Å²) in [6, 6.07) is 5.68. The largest absolute Gasteiger partial charge is 0.496 e. The minimum atomic E-state index is -0.219. The van der Waals surface area contributed by atoms with Gasteiger partial charge >= 0.3 is 0 Å². The van der Waals surface area contributed by atoms with Crippen LogP contribution in [-0.2, 0) is 11.3 Å². The third kappa shape index (κ3) is 3.92. The van der Waals surface area contributed by atoms with Gasteiger partial charge in [-0.25, -0.2) is 0 Å². The summed E-state index contributed by atoms with van der Waals surface area (Å²) in [7, 11) is 1.64. The van der Waals surface area contributed by atoms with Crippen molar-refractivity contribution in [2.24, 2.45) is 17.4 Å². The van der Waals surface area contributed by atoms with Gasteiger partial charge in [0.25, 0.3) is 0 Å². The molecule has 1 atom stereocenters. The van der Waals surface area contributed by atoms with Crippen LogP contribution in [-0.4, -0.2) is 36.0 Å². The van der Waals surface area contributed by atoms with Crippen LogP contribution in [0.25, 0.3) is 0 Å². The maximum absolute atomic E-state index is 11.4. The van der Waals surface area contributed by atoms with E-state index in [1.54, 1.807) is 7.11 Å². The van der Waals surface area contributed by atoms with E-state index in [0.29, 0.717) is 18.1 Å². The van der Waals surface area contributed by atoms with Crippen molar-refractivity contribution in [1.82, 2.24) is 4.90 Å². The van der Waals surface area contributed by atoms with Crippen molar-refractivity contribution >= 4 is 23.1 Å². The van der Waals surface area contributed by atoms with E-state index in [0.717, 1.165) is 36.3 Å². The highest BCUT2D eigenvalue weighted by molar-refractivity contribution is 7.80. The topological polar surface area (TPSA) is 81.6 Å². The molecule has 1 aliphatic heterocycles. The van der Waals surface area contributed by atoms with Crippen LogP contribution in [0, 0.1) is 5.92 Å². The summed E-state index contributed by atoms with van der Waals surface area (Å²) >= 11 is 5.02. The summed E-state index contributed by atoms with van der Waals surface area (Å²) in [4.78, 5) is 13.9. The zero-order valence-electron chi connectivity index (χ0n) is 12.2. The van der Waals surface area contributed by atoms with Crippen LogP contribution in [0.15, 0.2) is 18.2 Å². The van der Waals surface area contributed by atoms with E-state index >= 15 is 0 Å². The molecule has 1 aromatic carbocycles. The molecular weight excluding hydrogens is 286 g/mol. The zero-order chi connectivity index (χ0) is 15.4. The third-order valence-corrected chi connectivity index (χ3v) is 4.10. The van der Waals surface area contributed by atoms with Gasteiger partial charge in [0.15, 0.2) is 0 Å². The van der Waals surface area contributed by atoms with Crippen LogP contribution in [0.5, 0.6) is 5.75 Å². The van der Waals surface area contributed by atoms with E-state index in [-0.39, 0.29) is 11.8 Å². The van der Waals surface area contributed by atoms with Gasteiger partial charge in [-0.05, 0) is 37.6 Å². The number of rotatable bonds is 5. The summed E-state index contributed by atoms with van der Waals surface area (Å²) in [6.07, 6.45) is 1.85. The minimum Gasteiger partial charge on any atom is -0.496 e. The molecule has 114 valence electrons. The van der Waals surface area contributed by atoms with Crippen LogP contribution in [0.4, 0.5) is 0 Å². The average molecular weight is 307 g/mol. The Bertz CT molecular complexity index is 548. The van der Waals surface area contributed by atoms with Gasteiger partial charge in [0, 0.05) is 24.2 Å². The van der Waals surface area contributed by atoms with Gasteiger partial charge in [0.05, 0.1) is 13.0 Å². The Morgan fingerprint density at radius 3 is 2.86 bits per heavy atom. The van der Waals surface area contributed by atoms with Crippen molar-refractivity contribution in [3.63, 3.8) is 0 Å². The average Bonchev–Trinajstić information content (AvgIpc) is 2.47. The van der Waals surface area contributed by atoms with Gasteiger partial charge in [-0.3, -0.25) is 9.69 Å². The molecule has 2 rings (SSSR count). The van der Waals surface area contributed by atoms with Crippen molar-refractivity contribution in [2.75, 3.05) is 20.2 Å². The maximum atomic E-state index is 11.4. The lowest BCUT2D eigenvalue weighted by molar-refractivity contribution is -0.123. The number of piperidine rings is 1. The molecule has 0 aromatic heterocycles. The van der Waals surface area contributed by atoms with Crippen LogP contribution in [0.2, 0.25) is 0 Å². The first-order valence-corrected chi connectivity index (χ1v) is 7.40. The number of thiocarbonyl (C=S) groups is 1. The predicted molar refractivity (Wildman–Crippen MR) is 86.1 cm³/mol. The number of hydrogen-bond donors (Lipinski definition) is 2. The van der Waals surface area contributed by atoms with Gasteiger partial charge in [-0.15, -0.1) is 0 Å². The number of nitrogens with zero attached hydrogens (tertiary/aromatic N) is 1. The highest BCUT2D eigenvalue weighted by atomic mass is 32.1. The van der Waals surface area contributed by atoms with Gasteiger partial charge in [-0.2, -0.15) is 0 Å². The smallest absolute Gasteiger partial charge is 0.221 e. The van der Waals surface area contributed by atoms with Crippen molar-refractivity contribution in [1.29, 1.82) is 0 Å². The number of methoxy groups -OCH3 is 1. The number of carbonyl (C=O) groups excluding carboxylic acids is 1. The van der Waals surface area contributed by atoms with Gasteiger partial charge in [0.2, 0.25) is 5.91 Å². The van der Waals surface area contributed by atoms with E-state index in [4.69, 9.17) is 28.4 Å². The highest BCUT2D eigenvalue weighted by Crippen LogP contribution is 2.24. The summed E-state index contributed by atoms with van der Waals surface area (Å²) in [5, 5.41) is 0. The Hall–Kier alpha value is -1.66. The highest BCUT2D eigenvalue weighted by Gasteiger charge is 2.24. The molecule has 0 bridgehead atoms. The monoisotopic (exact) mass is 307 g/mol. The SMILES string of the molecule is COc1ccc(C(N)=S)cc1CN1CCCC(C(N)=O)C1. The molecular formula is C15H21N3O2S. The molecule has 0 aliphatic carbocycles. The summed E-state index contributed by atoms with van der Waals surface area (Å²) in [5.74, 6) is 0.517. The van der Waals surface area contributed by atoms with E-state index in [1.165, 1.54) is 0 Å². The Kier molecular flexibility index (Phi) is 5.14. The number of nitrogens with two attached hydrogens (primary N) is 2. The molecule has 1 unspecified atom stereocenters. The van der Waals surface area contributed by atoms with Gasteiger partial charge in [0.1, 0.15) is 10.7 Å². The lowest BCUT2D eigenvalue weighted by atomic mass is 9.97. The standard InChI is InChI=1S/C15H21N3O2S/c1-20-13-5-4-10(15(17)21)7-12(13)9-18-6-2-3-11(8-18)14(16)19/h4-5,7,11H,2-3,6,8-9H2,1H3,(H2,16,19)(H2,17,21). The Morgan fingerprint density at radius 2 is 2.24 bits per heavy atom. The van der Waals surface area contributed by atoms with Crippen LogP contribution < -0.4 is 16.2 Å². The molecule has 6 heteroatoms.